The molecule has 0 aliphatic heterocycles. The first-order valence-corrected chi connectivity index (χ1v) is 10.7. The number of amides is 1. The summed E-state index contributed by atoms with van der Waals surface area (Å²) >= 11 is 6.47. The lowest BCUT2D eigenvalue weighted by Gasteiger charge is -2.31. The van der Waals surface area contributed by atoms with Crippen LogP contribution in [0.4, 0.5) is 4.79 Å². The molecule has 2 radical (unpaired) electrons. The summed E-state index contributed by atoms with van der Waals surface area (Å²) in [6.45, 7) is 19.1. The highest BCUT2D eigenvalue weighted by molar-refractivity contribution is 6.32. The third-order valence-corrected chi connectivity index (χ3v) is 5.25. The fraction of sp³-hybridized carbons (Fsp3) is 0.667. The maximum atomic E-state index is 12.4. The third kappa shape index (κ3) is 8.24. The lowest BCUT2D eigenvalue weighted by Crippen LogP contribution is -2.36. The zero-order valence-corrected chi connectivity index (χ0v) is 20.0. The predicted molar refractivity (Wildman–Crippen MR) is 113 cm³/mol. The van der Waals surface area contributed by atoms with Crippen molar-refractivity contribution in [1.29, 1.82) is 0 Å². The minimum absolute atomic E-state index is 0.0943. The van der Waals surface area contributed by atoms with Crippen molar-refractivity contribution in [2.45, 2.75) is 85.1 Å². The normalized spacial score (nSPS) is 12.8. The van der Waals surface area contributed by atoms with Gasteiger partial charge >= 0.3 is 6.09 Å². The molecule has 1 amide bonds. The summed E-state index contributed by atoms with van der Waals surface area (Å²) in [4.78, 5) is 14.1. The molecule has 1 rings (SSSR count). The van der Waals surface area contributed by atoms with Gasteiger partial charge in [0.15, 0.2) is 0 Å². The SMILES string of the molecule is CCN(Cc1ccc(Cl)c(C(C)(C)O[Si]C(C)(C)C)c1)C(=O)OC(C)(C)C. The van der Waals surface area contributed by atoms with E-state index >= 15 is 0 Å². The molecule has 1 aromatic rings. The van der Waals surface area contributed by atoms with Gasteiger partial charge in [0.2, 0.25) is 9.76 Å². The fourth-order valence-corrected chi connectivity index (χ4v) is 3.34. The van der Waals surface area contributed by atoms with Crippen molar-refractivity contribution in [2.75, 3.05) is 6.54 Å². The van der Waals surface area contributed by atoms with E-state index in [1.165, 1.54) is 0 Å². The van der Waals surface area contributed by atoms with Crippen LogP contribution in [-0.2, 0) is 21.3 Å². The molecule has 27 heavy (non-hydrogen) atoms. The molecule has 0 fully saturated rings. The molecule has 0 N–H and O–H groups in total. The van der Waals surface area contributed by atoms with Crippen molar-refractivity contribution in [3.05, 3.63) is 34.3 Å². The zero-order chi connectivity index (χ0) is 21.0. The van der Waals surface area contributed by atoms with Gasteiger partial charge in [0.25, 0.3) is 0 Å². The molecule has 0 bridgehead atoms. The molecule has 0 atom stereocenters. The summed E-state index contributed by atoms with van der Waals surface area (Å²) in [7, 11) is 0.354. The van der Waals surface area contributed by atoms with Gasteiger partial charge in [0.1, 0.15) is 5.60 Å². The number of carbonyl (C=O) groups is 1. The molecule has 6 heteroatoms. The Morgan fingerprint density at radius 3 is 2.19 bits per heavy atom. The van der Waals surface area contributed by atoms with Crippen LogP contribution in [0.1, 0.15) is 73.4 Å². The smallest absolute Gasteiger partial charge is 0.410 e. The molecule has 0 spiro atoms. The first kappa shape index (κ1) is 24.0. The van der Waals surface area contributed by atoms with E-state index < -0.39 is 11.2 Å². The van der Waals surface area contributed by atoms with Crippen LogP contribution in [0.2, 0.25) is 10.1 Å². The highest BCUT2D eigenvalue weighted by Gasteiger charge is 2.28. The number of halogens is 1. The molecule has 0 unspecified atom stereocenters. The van der Waals surface area contributed by atoms with Gasteiger partial charge < -0.3 is 14.1 Å². The van der Waals surface area contributed by atoms with E-state index in [0.29, 0.717) is 27.9 Å². The van der Waals surface area contributed by atoms with Crippen LogP contribution >= 0.6 is 11.6 Å². The molecule has 0 aromatic heterocycles. The van der Waals surface area contributed by atoms with Gasteiger partial charge in [-0.05, 0) is 64.3 Å². The number of hydrogen-bond donors (Lipinski definition) is 0. The molecule has 0 saturated heterocycles. The Labute approximate surface area is 172 Å². The highest BCUT2D eigenvalue weighted by Crippen LogP contribution is 2.34. The lowest BCUT2D eigenvalue weighted by atomic mass is 9.96. The number of nitrogens with zero attached hydrogens (tertiary/aromatic N) is 1. The topological polar surface area (TPSA) is 38.8 Å². The molecule has 0 heterocycles. The van der Waals surface area contributed by atoms with Crippen LogP contribution in [0.3, 0.4) is 0 Å². The van der Waals surface area contributed by atoms with E-state index in [1.807, 2.05) is 59.7 Å². The monoisotopic (exact) mass is 411 g/mol. The van der Waals surface area contributed by atoms with Crippen LogP contribution in [0.5, 0.6) is 0 Å². The first-order valence-electron chi connectivity index (χ1n) is 9.36. The molecule has 0 saturated carbocycles. The Kier molecular flexibility index (Phi) is 7.97. The number of hydrogen-bond acceptors (Lipinski definition) is 3. The Morgan fingerprint density at radius 1 is 1.11 bits per heavy atom. The molecule has 4 nitrogen and oxygen atoms in total. The average molecular weight is 412 g/mol. The van der Waals surface area contributed by atoms with E-state index in [0.717, 1.165) is 11.1 Å². The van der Waals surface area contributed by atoms with Crippen molar-refractivity contribution < 1.29 is 14.0 Å². The second kappa shape index (κ2) is 8.97. The van der Waals surface area contributed by atoms with Crippen molar-refractivity contribution in [1.82, 2.24) is 4.90 Å². The van der Waals surface area contributed by atoms with E-state index in [9.17, 15) is 4.79 Å². The summed E-state index contributed by atoms with van der Waals surface area (Å²) in [6.07, 6.45) is -0.314. The van der Waals surface area contributed by atoms with Gasteiger partial charge in [-0.25, -0.2) is 4.79 Å². The van der Waals surface area contributed by atoms with Gasteiger partial charge in [0, 0.05) is 23.7 Å². The van der Waals surface area contributed by atoms with Crippen LogP contribution < -0.4 is 0 Å². The maximum Gasteiger partial charge on any atom is 0.410 e. The second-order valence-corrected chi connectivity index (χ2v) is 11.6. The molecular weight excluding hydrogens is 378 g/mol. The molecule has 152 valence electrons. The highest BCUT2D eigenvalue weighted by atomic mass is 35.5. The standard InChI is InChI=1S/C21H34ClNO3Si/c1-10-23(18(24)25-19(2,3)4)14-15-11-12-17(22)16(13-15)21(8,9)26-27-20(5,6)7/h11-13H,10,14H2,1-9H3. The lowest BCUT2D eigenvalue weighted by molar-refractivity contribution is 0.0244. The first-order chi connectivity index (χ1) is 12.1. The van der Waals surface area contributed by atoms with Gasteiger partial charge in [-0.1, -0.05) is 38.4 Å². The molecule has 1 aromatic carbocycles. The van der Waals surface area contributed by atoms with E-state index in [-0.39, 0.29) is 11.1 Å². The molecule has 0 aliphatic carbocycles. The minimum atomic E-state index is -0.515. The molecular formula is C21H34ClNO3Si. The summed E-state index contributed by atoms with van der Waals surface area (Å²) < 4.78 is 11.7. The van der Waals surface area contributed by atoms with Crippen molar-refractivity contribution in [3.8, 4) is 0 Å². The zero-order valence-electron chi connectivity index (χ0n) is 18.2. The number of benzene rings is 1. The summed E-state index contributed by atoms with van der Waals surface area (Å²) in [5.74, 6) is 0. The maximum absolute atomic E-state index is 12.4. The van der Waals surface area contributed by atoms with Gasteiger partial charge in [-0.2, -0.15) is 0 Å². The Balaban J connectivity index is 3.01. The van der Waals surface area contributed by atoms with Crippen LogP contribution in [0.15, 0.2) is 18.2 Å². The van der Waals surface area contributed by atoms with Crippen LogP contribution in [-0.4, -0.2) is 32.9 Å². The van der Waals surface area contributed by atoms with Crippen LogP contribution in [0.25, 0.3) is 0 Å². The Bertz CT molecular complexity index is 648. The second-order valence-electron chi connectivity index (χ2n) is 9.27. The third-order valence-electron chi connectivity index (χ3n) is 3.70. The van der Waals surface area contributed by atoms with Crippen molar-refractivity contribution in [2.24, 2.45) is 0 Å². The number of carbonyl (C=O) groups excluding carboxylic acids is 1. The largest absolute Gasteiger partial charge is 0.444 e. The van der Waals surface area contributed by atoms with Crippen LogP contribution in [0, 0.1) is 0 Å². The van der Waals surface area contributed by atoms with Gasteiger partial charge in [-0.3, -0.25) is 0 Å². The van der Waals surface area contributed by atoms with Crippen molar-refractivity contribution in [3.63, 3.8) is 0 Å². The fourth-order valence-electron chi connectivity index (χ4n) is 2.32. The van der Waals surface area contributed by atoms with Gasteiger partial charge in [0.05, 0.1) is 5.60 Å². The minimum Gasteiger partial charge on any atom is -0.444 e. The average Bonchev–Trinajstić information content (AvgIpc) is 2.49. The number of rotatable bonds is 6. The number of ether oxygens (including phenoxy) is 1. The van der Waals surface area contributed by atoms with E-state index in [2.05, 4.69) is 20.8 Å². The summed E-state index contributed by atoms with van der Waals surface area (Å²) in [6, 6.07) is 5.85. The van der Waals surface area contributed by atoms with E-state index in [1.54, 1.807) is 4.90 Å². The Morgan fingerprint density at radius 2 is 1.70 bits per heavy atom. The quantitative estimate of drug-likeness (QED) is 0.524. The predicted octanol–water partition coefficient (Wildman–Crippen LogP) is 6.19. The van der Waals surface area contributed by atoms with Gasteiger partial charge in [-0.15, -0.1) is 0 Å². The van der Waals surface area contributed by atoms with E-state index in [4.69, 9.17) is 20.8 Å². The molecule has 0 aliphatic rings. The Hall–Kier alpha value is -1.04. The van der Waals surface area contributed by atoms with Crippen molar-refractivity contribution >= 4 is 27.5 Å². The summed E-state index contributed by atoms with van der Waals surface area (Å²) in [5.41, 5.74) is 0.901. The summed E-state index contributed by atoms with van der Waals surface area (Å²) in [5, 5.41) is 0.764.